The number of hydrogen-bond donors (Lipinski definition) is 1. The van der Waals surface area contributed by atoms with Gasteiger partial charge in [-0.05, 0) is 37.6 Å². The van der Waals surface area contributed by atoms with Crippen LogP contribution < -0.4 is 5.32 Å². The summed E-state index contributed by atoms with van der Waals surface area (Å²) in [6.07, 6.45) is 4.56. The minimum absolute atomic E-state index is 0.0798. The molecule has 0 spiro atoms. The maximum atomic E-state index is 12.0. The van der Waals surface area contributed by atoms with E-state index < -0.39 is 0 Å². The number of thiazole rings is 1. The molecule has 0 aliphatic rings. The van der Waals surface area contributed by atoms with Crippen molar-refractivity contribution in [3.05, 3.63) is 53.4 Å². The van der Waals surface area contributed by atoms with Crippen LogP contribution in [-0.2, 0) is 17.6 Å². The normalized spacial score (nSPS) is 12.4. The molecule has 0 saturated heterocycles. The highest BCUT2D eigenvalue weighted by Gasteiger charge is 2.10. The first-order valence-electron chi connectivity index (χ1n) is 7.87. The highest BCUT2D eigenvalue weighted by atomic mass is 32.1. The van der Waals surface area contributed by atoms with Gasteiger partial charge in [-0.15, -0.1) is 11.3 Å². The van der Waals surface area contributed by atoms with Gasteiger partial charge in [-0.3, -0.25) is 4.79 Å². The molecule has 0 aliphatic heterocycles. The molecule has 0 bridgehead atoms. The number of fused-ring (bicyclic) bond motifs is 1. The van der Waals surface area contributed by atoms with Crippen LogP contribution >= 0.6 is 11.3 Å². The summed E-state index contributed by atoms with van der Waals surface area (Å²) < 4.78 is 6.48. The first-order valence-corrected chi connectivity index (χ1v) is 8.68. The fourth-order valence-electron chi connectivity index (χ4n) is 2.48. The Hall–Kier alpha value is -2.14. The largest absolute Gasteiger partial charge is 0.469 e. The van der Waals surface area contributed by atoms with Crippen molar-refractivity contribution in [3.8, 4) is 0 Å². The van der Waals surface area contributed by atoms with Gasteiger partial charge in [0.05, 0.1) is 21.5 Å². The van der Waals surface area contributed by atoms with Crippen molar-refractivity contribution >= 4 is 27.5 Å². The van der Waals surface area contributed by atoms with E-state index in [-0.39, 0.29) is 11.9 Å². The predicted octanol–water partition coefficient (Wildman–Crippen LogP) is 3.96. The lowest BCUT2D eigenvalue weighted by Crippen LogP contribution is -2.33. The molecule has 2 heterocycles. The van der Waals surface area contributed by atoms with E-state index in [4.69, 9.17) is 4.42 Å². The minimum atomic E-state index is 0.0798. The Morgan fingerprint density at radius 2 is 2.13 bits per heavy atom. The summed E-state index contributed by atoms with van der Waals surface area (Å²) in [5, 5.41) is 4.06. The number of rotatable bonds is 7. The third-order valence-corrected chi connectivity index (χ3v) is 4.81. The van der Waals surface area contributed by atoms with Crippen molar-refractivity contribution in [2.45, 2.75) is 38.6 Å². The average molecular weight is 328 g/mol. The van der Waals surface area contributed by atoms with Crippen molar-refractivity contribution < 1.29 is 9.21 Å². The molecule has 1 aromatic carbocycles. The molecule has 120 valence electrons. The Labute approximate surface area is 139 Å². The fraction of sp³-hybridized carbons (Fsp3) is 0.333. The molecule has 23 heavy (non-hydrogen) atoms. The fourth-order valence-corrected chi connectivity index (χ4v) is 3.45. The highest BCUT2D eigenvalue weighted by Crippen LogP contribution is 2.22. The molecule has 3 rings (SSSR count). The number of carbonyl (C=O) groups excluding carboxylic acids is 1. The number of hydrogen-bond acceptors (Lipinski definition) is 4. The molecule has 0 radical (unpaired) electrons. The summed E-state index contributed by atoms with van der Waals surface area (Å²) in [4.78, 5) is 16.6. The van der Waals surface area contributed by atoms with Crippen LogP contribution in [0, 0.1) is 0 Å². The summed E-state index contributed by atoms with van der Waals surface area (Å²) in [6.45, 7) is 2.03. The van der Waals surface area contributed by atoms with Crippen LogP contribution in [-0.4, -0.2) is 16.9 Å². The van der Waals surface area contributed by atoms with Gasteiger partial charge in [0.25, 0.3) is 0 Å². The molecule has 3 aromatic rings. The average Bonchev–Trinajstić information content (AvgIpc) is 3.19. The van der Waals surface area contributed by atoms with Crippen LogP contribution in [0.25, 0.3) is 10.2 Å². The number of benzene rings is 1. The van der Waals surface area contributed by atoms with E-state index in [0.29, 0.717) is 12.8 Å². The highest BCUT2D eigenvalue weighted by molar-refractivity contribution is 7.18. The second-order valence-electron chi connectivity index (χ2n) is 5.66. The van der Waals surface area contributed by atoms with Gasteiger partial charge in [0.1, 0.15) is 5.76 Å². The van der Waals surface area contributed by atoms with Gasteiger partial charge in [0.15, 0.2) is 0 Å². The maximum absolute atomic E-state index is 12.0. The van der Waals surface area contributed by atoms with Crippen LogP contribution in [0.15, 0.2) is 47.1 Å². The molecule has 2 aromatic heterocycles. The summed E-state index contributed by atoms with van der Waals surface area (Å²) >= 11 is 1.66. The van der Waals surface area contributed by atoms with Crippen molar-refractivity contribution in [2.24, 2.45) is 0 Å². The monoisotopic (exact) mass is 328 g/mol. The van der Waals surface area contributed by atoms with E-state index in [1.807, 2.05) is 37.3 Å². The minimum Gasteiger partial charge on any atom is -0.469 e. The van der Waals surface area contributed by atoms with Gasteiger partial charge in [0.2, 0.25) is 5.91 Å². The lowest BCUT2D eigenvalue weighted by Gasteiger charge is -2.12. The second kappa shape index (κ2) is 7.42. The standard InChI is InChI=1S/C18H20N2O2S/c1-13(8-9-14-5-4-12-22-14)19-17(21)10-11-18-20-15-6-2-3-7-16(15)23-18/h2-7,12-13H,8-11H2,1H3,(H,19,21). The van der Waals surface area contributed by atoms with Gasteiger partial charge in [-0.25, -0.2) is 4.98 Å². The Bertz CT molecular complexity index is 731. The Kier molecular flexibility index (Phi) is 5.08. The van der Waals surface area contributed by atoms with E-state index in [0.717, 1.165) is 29.1 Å². The summed E-state index contributed by atoms with van der Waals surface area (Å²) in [7, 11) is 0. The van der Waals surface area contributed by atoms with Crippen LogP contribution in [0.3, 0.4) is 0 Å². The molecule has 0 aliphatic carbocycles. The third-order valence-electron chi connectivity index (χ3n) is 3.72. The number of aromatic nitrogens is 1. The molecule has 5 heteroatoms. The van der Waals surface area contributed by atoms with Crippen LogP contribution in [0.2, 0.25) is 0 Å². The number of para-hydroxylation sites is 1. The van der Waals surface area contributed by atoms with Crippen molar-refractivity contribution in [1.82, 2.24) is 10.3 Å². The number of amides is 1. The molecular formula is C18H20N2O2S. The SMILES string of the molecule is CC(CCc1ccco1)NC(=O)CCc1nc2ccccc2s1. The van der Waals surface area contributed by atoms with Crippen molar-refractivity contribution in [2.75, 3.05) is 0 Å². The maximum Gasteiger partial charge on any atom is 0.220 e. The van der Waals surface area contributed by atoms with Crippen molar-refractivity contribution in [3.63, 3.8) is 0 Å². The molecule has 1 N–H and O–H groups in total. The Balaban J connectivity index is 1.43. The third kappa shape index (κ3) is 4.42. The summed E-state index contributed by atoms with van der Waals surface area (Å²) in [5.41, 5.74) is 1.01. The number of furan rings is 1. The quantitative estimate of drug-likeness (QED) is 0.714. The van der Waals surface area contributed by atoms with E-state index in [2.05, 4.69) is 16.4 Å². The van der Waals surface area contributed by atoms with E-state index >= 15 is 0 Å². The Morgan fingerprint density at radius 3 is 2.91 bits per heavy atom. The second-order valence-corrected chi connectivity index (χ2v) is 6.78. The molecule has 0 saturated carbocycles. The van der Waals surface area contributed by atoms with E-state index in [9.17, 15) is 4.79 Å². The summed E-state index contributed by atoms with van der Waals surface area (Å²) in [5.74, 6) is 1.04. The van der Waals surface area contributed by atoms with Crippen LogP contribution in [0.5, 0.6) is 0 Å². The van der Waals surface area contributed by atoms with Gasteiger partial charge in [-0.2, -0.15) is 0 Å². The molecule has 1 amide bonds. The van der Waals surface area contributed by atoms with Crippen molar-refractivity contribution in [1.29, 1.82) is 0 Å². The smallest absolute Gasteiger partial charge is 0.220 e. The zero-order chi connectivity index (χ0) is 16.1. The number of aryl methyl sites for hydroxylation is 2. The molecule has 1 atom stereocenters. The van der Waals surface area contributed by atoms with Gasteiger partial charge in [-0.1, -0.05) is 12.1 Å². The number of nitrogens with one attached hydrogen (secondary N) is 1. The van der Waals surface area contributed by atoms with Crippen LogP contribution in [0.1, 0.15) is 30.5 Å². The predicted molar refractivity (Wildman–Crippen MR) is 92.6 cm³/mol. The zero-order valence-electron chi connectivity index (χ0n) is 13.1. The molecule has 4 nitrogen and oxygen atoms in total. The first-order chi connectivity index (χ1) is 11.2. The van der Waals surface area contributed by atoms with Crippen LogP contribution in [0.4, 0.5) is 0 Å². The lowest BCUT2D eigenvalue weighted by atomic mass is 10.1. The first kappa shape index (κ1) is 15.7. The topological polar surface area (TPSA) is 55.1 Å². The molecule has 0 fully saturated rings. The van der Waals surface area contributed by atoms with Gasteiger partial charge < -0.3 is 9.73 Å². The number of nitrogens with zero attached hydrogens (tertiary/aromatic N) is 1. The molecular weight excluding hydrogens is 308 g/mol. The van der Waals surface area contributed by atoms with Gasteiger partial charge >= 0.3 is 0 Å². The zero-order valence-corrected chi connectivity index (χ0v) is 13.9. The van der Waals surface area contributed by atoms with E-state index in [1.165, 1.54) is 4.70 Å². The molecule has 1 unspecified atom stereocenters. The summed E-state index contributed by atoms with van der Waals surface area (Å²) in [6, 6.07) is 12.1. The lowest BCUT2D eigenvalue weighted by molar-refractivity contribution is -0.121. The Morgan fingerprint density at radius 1 is 1.26 bits per heavy atom. The number of carbonyl (C=O) groups is 1. The van der Waals surface area contributed by atoms with E-state index in [1.54, 1.807) is 17.6 Å². The van der Waals surface area contributed by atoms with Gasteiger partial charge in [0, 0.05) is 25.3 Å².